The van der Waals surface area contributed by atoms with Gasteiger partial charge in [0.1, 0.15) is 56.9 Å². The molecule has 0 aliphatic carbocycles. The van der Waals surface area contributed by atoms with Gasteiger partial charge in [0, 0.05) is 32.1 Å². The number of fused-ring (bicyclic) bond motifs is 6. The van der Waals surface area contributed by atoms with Gasteiger partial charge < -0.3 is 58.3 Å². The second kappa shape index (κ2) is 11.3. The van der Waals surface area contributed by atoms with Crippen LogP contribution in [0.15, 0.2) is 0 Å². The second-order valence-corrected chi connectivity index (χ2v) is 10.6. The van der Waals surface area contributed by atoms with E-state index in [1.165, 1.54) is 0 Å². The van der Waals surface area contributed by atoms with Gasteiger partial charge in [-0.15, -0.1) is 0 Å². The molecule has 0 aromatic rings. The molecule has 4 radical (unpaired) electrons. The Morgan fingerprint density at radius 1 is 0.892 bits per heavy atom. The third-order valence-corrected chi connectivity index (χ3v) is 8.32. The van der Waals surface area contributed by atoms with E-state index in [-0.39, 0.29) is 56.8 Å². The van der Waals surface area contributed by atoms with E-state index in [0.717, 1.165) is 0 Å². The van der Waals surface area contributed by atoms with Crippen molar-refractivity contribution in [3.05, 3.63) is 0 Å². The molecular weight excluding hydrogens is 490 g/mol. The van der Waals surface area contributed by atoms with Gasteiger partial charge in [-0.1, -0.05) is 0 Å². The average Bonchev–Trinajstić information content (AvgIpc) is 3.53. The molecule has 0 spiro atoms. The standard InChI is InChI=1S/C10H18O4.C7H11BO4.C6H9BO4/c1-6-8-9(12-4)10(14-6,5-11-3)7(2)13-8;8-6-4-1-11-3-7(2-9,12-6)5(4)10;7-5-3-4(9)6(1-8,11-5)2-10-3/h6-9H,5H2,1-4H3;4-6,9-10H,1-3H2;3-5,8-9H,1-2H2/t6-,7?,8-,9-,10-;4-,5?,6+,7-;3-,4?,5+,6-/m000/s1. The van der Waals surface area contributed by atoms with E-state index in [1.54, 1.807) is 14.2 Å². The van der Waals surface area contributed by atoms with E-state index in [2.05, 4.69) is 0 Å². The molecule has 208 valence electrons. The van der Waals surface area contributed by atoms with E-state index in [4.69, 9.17) is 63.8 Å². The molecule has 0 amide bonds. The normalized spacial score (nSPS) is 53.0. The molecule has 13 atom stereocenters. The van der Waals surface area contributed by atoms with Crippen molar-refractivity contribution < 1.29 is 58.3 Å². The van der Waals surface area contributed by atoms with Crippen LogP contribution in [0.25, 0.3) is 0 Å². The van der Waals surface area contributed by atoms with Crippen molar-refractivity contribution in [3.63, 3.8) is 0 Å². The molecule has 6 aliphatic heterocycles. The maximum Gasteiger partial charge on any atom is 0.146 e. The Labute approximate surface area is 219 Å². The Hall–Kier alpha value is -0.350. The van der Waals surface area contributed by atoms with E-state index < -0.39 is 47.1 Å². The average molecular weight is 528 g/mol. The Bertz CT molecular complexity index is 782. The monoisotopic (exact) mass is 528 g/mol. The molecule has 6 fully saturated rings. The molecule has 6 bridgehead atoms. The topological polar surface area (TPSA) is 155 Å². The lowest BCUT2D eigenvalue weighted by molar-refractivity contribution is -0.194. The Morgan fingerprint density at radius 3 is 2.03 bits per heavy atom. The summed E-state index contributed by atoms with van der Waals surface area (Å²) < 4.78 is 43.1. The third-order valence-electron chi connectivity index (χ3n) is 8.32. The quantitative estimate of drug-likeness (QED) is 0.267. The SMILES string of the molecule is COC[C@]12O[C@@H](C)[C@H](OC1C)[C@@H]2OC.[B][C@@H]1O[C@@]2(CO)COC[C@H]1C2O.[B][C@@H]1O[C@@]2(CO)CO[C@H]1C2O. The van der Waals surface area contributed by atoms with E-state index >= 15 is 0 Å². The summed E-state index contributed by atoms with van der Waals surface area (Å²) in [6, 6.07) is -1.12. The molecule has 0 aromatic carbocycles. The number of aliphatic hydroxyl groups excluding tert-OH is 4. The largest absolute Gasteiger partial charge is 0.393 e. The van der Waals surface area contributed by atoms with Crippen molar-refractivity contribution in [1.82, 2.24) is 0 Å². The lowest BCUT2D eigenvalue weighted by atomic mass is 9.81. The summed E-state index contributed by atoms with van der Waals surface area (Å²) >= 11 is 0. The summed E-state index contributed by atoms with van der Waals surface area (Å²) in [6.07, 6.45) is -1.80. The van der Waals surface area contributed by atoms with Gasteiger partial charge in [-0.2, -0.15) is 0 Å². The Kier molecular flexibility index (Phi) is 9.02. The van der Waals surface area contributed by atoms with Gasteiger partial charge in [-0.05, 0) is 13.8 Å². The number of aliphatic hydroxyl groups is 4. The van der Waals surface area contributed by atoms with Gasteiger partial charge in [0.2, 0.25) is 0 Å². The molecule has 4 N–H and O–H groups in total. The highest BCUT2D eigenvalue weighted by atomic mass is 16.7. The molecule has 0 saturated carbocycles. The van der Waals surface area contributed by atoms with Crippen LogP contribution in [0.3, 0.4) is 0 Å². The number of ether oxygens (including phenoxy) is 8. The van der Waals surface area contributed by atoms with Crippen LogP contribution in [0.1, 0.15) is 13.8 Å². The summed E-state index contributed by atoms with van der Waals surface area (Å²) in [7, 11) is 14.4. The molecule has 6 aliphatic rings. The highest BCUT2D eigenvalue weighted by molar-refractivity contribution is 6.12. The van der Waals surface area contributed by atoms with Crippen molar-refractivity contribution in [2.45, 2.75) is 85.4 Å². The lowest BCUT2D eigenvalue weighted by Crippen LogP contribution is -2.52. The highest BCUT2D eigenvalue weighted by Gasteiger charge is 2.64. The maximum atomic E-state index is 9.68. The number of rotatable bonds is 5. The highest BCUT2D eigenvalue weighted by Crippen LogP contribution is 2.45. The zero-order valence-corrected chi connectivity index (χ0v) is 21.7. The van der Waals surface area contributed by atoms with Crippen LogP contribution in [0.2, 0.25) is 0 Å². The van der Waals surface area contributed by atoms with Crippen molar-refractivity contribution >= 4 is 15.7 Å². The van der Waals surface area contributed by atoms with Gasteiger partial charge in [0.05, 0.1) is 58.0 Å². The van der Waals surface area contributed by atoms with Crippen LogP contribution in [0, 0.1) is 5.92 Å². The van der Waals surface area contributed by atoms with Gasteiger partial charge in [-0.3, -0.25) is 0 Å². The molecular formula is C23H38B2O12. The van der Waals surface area contributed by atoms with Gasteiger partial charge >= 0.3 is 0 Å². The summed E-state index contributed by atoms with van der Waals surface area (Å²) in [5.74, 6) is -0.203. The minimum Gasteiger partial charge on any atom is -0.393 e. The molecule has 6 saturated heterocycles. The van der Waals surface area contributed by atoms with Gasteiger partial charge in [0.25, 0.3) is 0 Å². The zero-order valence-electron chi connectivity index (χ0n) is 21.7. The molecule has 12 nitrogen and oxygen atoms in total. The van der Waals surface area contributed by atoms with Gasteiger partial charge in [0.15, 0.2) is 0 Å². The molecule has 14 heteroatoms. The van der Waals surface area contributed by atoms with Crippen LogP contribution in [-0.4, -0.2) is 162 Å². The third kappa shape index (κ3) is 4.81. The maximum absolute atomic E-state index is 9.68. The van der Waals surface area contributed by atoms with Crippen LogP contribution >= 0.6 is 0 Å². The molecule has 0 aromatic heterocycles. The smallest absolute Gasteiger partial charge is 0.146 e. The fourth-order valence-electron chi connectivity index (χ4n) is 6.11. The fourth-order valence-corrected chi connectivity index (χ4v) is 6.11. The van der Waals surface area contributed by atoms with Crippen LogP contribution in [0.5, 0.6) is 0 Å². The lowest BCUT2D eigenvalue weighted by Gasteiger charge is -2.34. The van der Waals surface area contributed by atoms with Crippen LogP contribution in [-0.2, 0) is 37.9 Å². The summed E-state index contributed by atoms with van der Waals surface area (Å²) in [6.45, 7) is 4.89. The van der Waals surface area contributed by atoms with Crippen molar-refractivity contribution in [1.29, 1.82) is 0 Å². The number of hydrogen-bond donors (Lipinski definition) is 4. The fraction of sp³-hybridized carbons (Fsp3) is 1.00. The summed E-state index contributed by atoms with van der Waals surface area (Å²) in [5.41, 5.74) is -2.33. The first kappa shape index (κ1) is 29.6. The Morgan fingerprint density at radius 2 is 1.54 bits per heavy atom. The molecule has 37 heavy (non-hydrogen) atoms. The Balaban J connectivity index is 0.000000131. The van der Waals surface area contributed by atoms with E-state index in [9.17, 15) is 10.2 Å². The molecule has 6 rings (SSSR count). The summed E-state index contributed by atoms with van der Waals surface area (Å²) in [4.78, 5) is 0. The first-order valence-corrected chi connectivity index (χ1v) is 12.5. The number of methoxy groups -OCH3 is 2. The predicted molar refractivity (Wildman–Crippen MR) is 127 cm³/mol. The van der Waals surface area contributed by atoms with Gasteiger partial charge in [-0.25, -0.2) is 0 Å². The van der Waals surface area contributed by atoms with Crippen LogP contribution < -0.4 is 0 Å². The van der Waals surface area contributed by atoms with Crippen molar-refractivity contribution in [3.8, 4) is 0 Å². The minimum atomic E-state index is -0.970. The minimum absolute atomic E-state index is 0.00699. The number of hydrogen-bond acceptors (Lipinski definition) is 12. The first-order chi connectivity index (χ1) is 17.5. The zero-order chi connectivity index (χ0) is 27.2. The summed E-state index contributed by atoms with van der Waals surface area (Å²) in [5, 5.41) is 37.1. The van der Waals surface area contributed by atoms with E-state index in [1.807, 2.05) is 13.8 Å². The van der Waals surface area contributed by atoms with Crippen LogP contribution in [0.4, 0.5) is 0 Å². The second-order valence-electron chi connectivity index (χ2n) is 10.6. The molecule has 6 heterocycles. The van der Waals surface area contributed by atoms with Crippen molar-refractivity contribution in [2.24, 2.45) is 5.92 Å². The van der Waals surface area contributed by atoms with Crippen molar-refractivity contribution in [2.75, 3.05) is 53.9 Å². The molecule has 3 unspecified atom stereocenters. The first-order valence-electron chi connectivity index (χ1n) is 12.5. The predicted octanol–water partition coefficient (Wildman–Crippen LogP) is -3.16. The van der Waals surface area contributed by atoms with E-state index in [0.29, 0.717) is 13.2 Å².